The Labute approximate surface area is 162 Å². The van der Waals surface area contributed by atoms with Gasteiger partial charge in [-0.25, -0.2) is 4.39 Å². The van der Waals surface area contributed by atoms with Crippen LogP contribution in [0.1, 0.15) is 10.4 Å². The van der Waals surface area contributed by atoms with Gasteiger partial charge in [-0.1, -0.05) is 35.1 Å². The third-order valence-electron chi connectivity index (χ3n) is 4.03. The average molecular weight is 405 g/mol. The van der Waals surface area contributed by atoms with Gasteiger partial charge in [0.05, 0.1) is 20.8 Å². The Bertz CT molecular complexity index is 1120. The van der Waals surface area contributed by atoms with Crippen LogP contribution < -0.4 is 14.3 Å². The van der Waals surface area contributed by atoms with Crippen LogP contribution in [0.2, 0.25) is 5.02 Å². The molecule has 0 spiro atoms. The number of hydrogen-bond acceptors (Lipinski definition) is 4. The molecule has 1 amide bonds. The molecule has 2 heterocycles. The van der Waals surface area contributed by atoms with E-state index < -0.39 is 11.7 Å². The molecule has 2 aromatic carbocycles. The molecule has 0 saturated carbocycles. The first kappa shape index (κ1) is 17.8. The zero-order chi connectivity index (χ0) is 19.0. The van der Waals surface area contributed by atoms with E-state index in [0.717, 1.165) is 10.2 Å². The highest BCUT2D eigenvalue weighted by Crippen LogP contribution is 2.35. The zero-order valence-electron chi connectivity index (χ0n) is 14.1. The molecule has 1 aliphatic rings. The summed E-state index contributed by atoms with van der Waals surface area (Å²) in [4.78, 5) is 17.1. The zero-order valence-corrected chi connectivity index (χ0v) is 15.6. The third-order valence-corrected chi connectivity index (χ3v) is 5.39. The van der Waals surface area contributed by atoms with E-state index in [-0.39, 0.29) is 10.6 Å². The van der Waals surface area contributed by atoms with E-state index in [1.807, 2.05) is 16.7 Å². The standard InChI is InChI=1S/C19H14ClFN2O3S/c1-2-6-23-13-9-14-15(26-8-7-25-14)10-16(13)27-19(23)22-18(24)17-11(20)4-3-5-12(17)21/h2-5,9-10H,1,6-8H2. The quantitative estimate of drug-likeness (QED) is 0.615. The number of fused-ring (bicyclic) bond motifs is 2. The van der Waals surface area contributed by atoms with Gasteiger partial charge >= 0.3 is 0 Å². The van der Waals surface area contributed by atoms with Crippen LogP contribution in [-0.2, 0) is 6.54 Å². The Morgan fingerprint density at radius 3 is 2.78 bits per heavy atom. The van der Waals surface area contributed by atoms with Crippen molar-refractivity contribution < 1.29 is 18.7 Å². The summed E-state index contributed by atoms with van der Waals surface area (Å²) in [7, 11) is 0. The lowest BCUT2D eigenvalue weighted by molar-refractivity contribution is 0.0994. The number of thiazole rings is 1. The molecule has 0 radical (unpaired) electrons. The van der Waals surface area contributed by atoms with Crippen molar-refractivity contribution in [1.82, 2.24) is 4.57 Å². The highest BCUT2D eigenvalue weighted by Gasteiger charge is 2.18. The van der Waals surface area contributed by atoms with Crippen LogP contribution in [0.25, 0.3) is 10.2 Å². The minimum Gasteiger partial charge on any atom is -0.486 e. The second-order valence-corrected chi connectivity index (χ2v) is 7.18. The van der Waals surface area contributed by atoms with Gasteiger partial charge in [-0.2, -0.15) is 4.99 Å². The van der Waals surface area contributed by atoms with Gasteiger partial charge in [0, 0.05) is 18.7 Å². The maximum Gasteiger partial charge on any atom is 0.284 e. The number of rotatable bonds is 3. The molecule has 1 aliphatic heterocycles. The number of nitrogens with zero attached hydrogens (tertiary/aromatic N) is 2. The van der Waals surface area contributed by atoms with E-state index in [1.54, 1.807) is 6.08 Å². The molecule has 3 aromatic rings. The second-order valence-electron chi connectivity index (χ2n) is 5.76. The van der Waals surface area contributed by atoms with Crippen LogP contribution in [0.3, 0.4) is 0 Å². The van der Waals surface area contributed by atoms with E-state index in [9.17, 15) is 9.18 Å². The number of allylic oxidation sites excluding steroid dienone is 1. The van der Waals surface area contributed by atoms with Crippen LogP contribution in [0.4, 0.5) is 4.39 Å². The maximum absolute atomic E-state index is 14.0. The second kappa shape index (κ2) is 7.17. The van der Waals surface area contributed by atoms with Gasteiger partial charge in [0.2, 0.25) is 0 Å². The summed E-state index contributed by atoms with van der Waals surface area (Å²) in [5.74, 6) is -0.153. The van der Waals surface area contributed by atoms with Crippen molar-refractivity contribution in [3.8, 4) is 11.5 Å². The highest BCUT2D eigenvalue weighted by atomic mass is 35.5. The predicted molar refractivity (Wildman–Crippen MR) is 102 cm³/mol. The van der Waals surface area contributed by atoms with Crippen molar-refractivity contribution in [3.05, 3.63) is 64.2 Å². The van der Waals surface area contributed by atoms with Crippen molar-refractivity contribution in [2.45, 2.75) is 6.54 Å². The van der Waals surface area contributed by atoms with Crippen molar-refractivity contribution in [2.24, 2.45) is 4.99 Å². The van der Waals surface area contributed by atoms with Crippen LogP contribution in [0.15, 0.2) is 48.0 Å². The molecule has 0 saturated heterocycles. The number of carbonyl (C=O) groups excluding carboxylic acids is 1. The summed E-state index contributed by atoms with van der Waals surface area (Å²) in [5, 5.41) is 0.0254. The van der Waals surface area contributed by atoms with Crippen molar-refractivity contribution in [1.29, 1.82) is 0 Å². The van der Waals surface area contributed by atoms with Crippen molar-refractivity contribution >= 4 is 39.1 Å². The van der Waals surface area contributed by atoms with Crippen LogP contribution in [0.5, 0.6) is 11.5 Å². The summed E-state index contributed by atoms with van der Waals surface area (Å²) < 4.78 is 28.0. The van der Waals surface area contributed by atoms with Gasteiger partial charge in [-0.15, -0.1) is 6.58 Å². The van der Waals surface area contributed by atoms with Crippen molar-refractivity contribution in [3.63, 3.8) is 0 Å². The highest BCUT2D eigenvalue weighted by molar-refractivity contribution is 7.16. The first-order valence-electron chi connectivity index (χ1n) is 8.15. The summed E-state index contributed by atoms with van der Waals surface area (Å²) in [5.41, 5.74) is 0.586. The van der Waals surface area contributed by atoms with E-state index in [4.69, 9.17) is 21.1 Å². The van der Waals surface area contributed by atoms with Gasteiger partial charge in [0.25, 0.3) is 5.91 Å². The monoisotopic (exact) mass is 404 g/mol. The summed E-state index contributed by atoms with van der Waals surface area (Å²) in [6, 6.07) is 7.78. The molecule has 27 heavy (non-hydrogen) atoms. The molecule has 0 bridgehead atoms. The first-order valence-corrected chi connectivity index (χ1v) is 9.35. The topological polar surface area (TPSA) is 52.8 Å². The average Bonchev–Trinajstić information content (AvgIpc) is 2.96. The normalized spacial score (nSPS) is 13.8. The molecule has 8 heteroatoms. The maximum atomic E-state index is 14.0. The minimum atomic E-state index is -0.736. The van der Waals surface area contributed by atoms with Gasteiger partial charge in [-0.05, 0) is 12.1 Å². The van der Waals surface area contributed by atoms with Gasteiger partial charge < -0.3 is 14.0 Å². The summed E-state index contributed by atoms with van der Waals surface area (Å²) >= 11 is 7.28. The Kier molecular flexibility index (Phi) is 4.72. The fourth-order valence-corrected chi connectivity index (χ4v) is 4.13. The van der Waals surface area contributed by atoms with Crippen LogP contribution >= 0.6 is 22.9 Å². The fraction of sp³-hybridized carbons (Fsp3) is 0.158. The van der Waals surface area contributed by atoms with Gasteiger partial charge in [0.15, 0.2) is 16.3 Å². The van der Waals surface area contributed by atoms with E-state index in [1.165, 1.54) is 29.5 Å². The Morgan fingerprint density at radius 2 is 2.07 bits per heavy atom. The molecule has 5 nitrogen and oxygen atoms in total. The lowest BCUT2D eigenvalue weighted by Crippen LogP contribution is -2.17. The van der Waals surface area contributed by atoms with Gasteiger partial charge in [-0.3, -0.25) is 4.79 Å². The molecular formula is C19H14ClFN2O3S. The van der Waals surface area contributed by atoms with Crippen LogP contribution in [-0.4, -0.2) is 23.7 Å². The summed E-state index contributed by atoms with van der Waals surface area (Å²) in [6.45, 7) is 5.15. The van der Waals surface area contributed by atoms with E-state index >= 15 is 0 Å². The smallest absolute Gasteiger partial charge is 0.284 e. The Hall–Kier alpha value is -2.64. The number of ether oxygens (including phenoxy) is 2. The van der Waals surface area contributed by atoms with E-state index in [2.05, 4.69) is 11.6 Å². The number of amides is 1. The fourth-order valence-electron chi connectivity index (χ4n) is 2.84. The lowest BCUT2D eigenvalue weighted by Gasteiger charge is -2.18. The Morgan fingerprint density at radius 1 is 1.33 bits per heavy atom. The number of aromatic nitrogens is 1. The van der Waals surface area contributed by atoms with Crippen LogP contribution in [0, 0.1) is 5.82 Å². The molecule has 0 fully saturated rings. The number of hydrogen-bond donors (Lipinski definition) is 0. The van der Waals surface area contributed by atoms with Crippen molar-refractivity contribution in [2.75, 3.05) is 13.2 Å². The molecular weight excluding hydrogens is 391 g/mol. The Balaban J connectivity index is 1.90. The first-order chi connectivity index (χ1) is 13.1. The third kappa shape index (κ3) is 3.24. The summed E-state index contributed by atoms with van der Waals surface area (Å²) in [6.07, 6.45) is 1.70. The minimum absolute atomic E-state index is 0.0254. The molecule has 0 atom stereocenters. The molecule has 0 aliphatic carbocycles. The van der Waals surface area contributed by atoms with Gasteiger partial charge in [0.1, 0.15) is 19.0 Å². The number of carbonyl (C=O) groups is 1. The number of halogens is 2. The SMILES string of the molecule is C=CCn1c(=NC(=O)c2c(F)cccc2Cl)sc2cc3c(cc21)OCCO3. The number of benzene rings is 2. The lowest BCUT2D eigenvalue weighted by atomic mass is 10.2. The largest absolute Gasteiger partial charge is 0.486 e. The molecule has 0 unspecified atom stereocenters. The molecule has 0 N–H and O–H groups in total. The van der Waals surface area contributed by atoms with E-state index in [0.29, 0.717) is 36.1 Å². The molecule has 138 valence electrons. The predicted octanol–water partition coefficient (Wildman–Crippen LogP) is 4.19. The molecule has 1 aromatic heterocycles. The molecule has 4 rings (SSSR count).